The van der Waals surface area contributed by atoms with Gasteiger partial charge in [-0.15, -0.1) is 23.1 Å². The molecule has 190 valence electrons. The minimum Gasteiger partial charge on any atom is -0.453 e. The van der Waals surface area contributed by atoms with Crippen LogP contribution in [-0.4, -0.2) is 31.8 Å². The summed E-state index contributed by atoms with van der Waals surface area (Å²) in [4.78, 5) is 26.8. The molecule has 1 N–H and O–H groups in total. The first-order chi connectivity index (χ1) is 18.1. The van der Waals surface area contributed by atoms with Crippen molar-refractivity contribution in [2.45, 2.75) is 29.9 Å². The maximum Gasteiger partial charge on any atom is 0.393 e. The largest absolute Gasteiger partial charge is 0.453 e. The van der Waals surface area contributed by atoms with E-state index in [1.54, 1.807) is 11.8 Å². The van der Waals surface area contributed by atoms with Gasteiger partial charge < -0.3 is 14.2 Å². The van der Waals surface area contributed by atoms with Crippen molar-refractivity contribution in [3.63, 3.8) is 0 Å². The SMILES string of the molecule is Cc1csc(Nc2ncc(SC(c3ccccn3)C3CCS4(CC3)OC4=O)cc2Oc2ccccc2)n1. The number of ether oxygens (including phenoxy) is 1. The van der Waals surface area contributed by atoms with Crippen molar-refractivity contribution >= 4 is 49.7 Å². The zero-order chi connectivity index (χ0) is 25.2. The van der Waals surface area contributed by atoms with Crippen LogP contribution in [0.2, 0.25) is 0 Å². The van der Waals surface area contributed by atoms with E-state index in [-0.39, 0.29) is 10.6 Å². The smallest absolute Gasteiger partial charge is 0.393 e. The predicted molar refractivity (Wildman–Crippen MR) is 150 cm³/mol. The Hall–Kier alpha value is -3.08. The maximum atomic E-state index is 11.8. The molecule has 2 aliphatic rings. The molecule has 1 aromatic carbocycles. The Morgan fingerprint density at radius 1 is 1.14 bits per heavy atom. The van der Waals surface area contributed by atoms with Crippen LogP contribution in [0.5, 0.6) is 11.5 Å². The normalized spacial score (nSPS) is 23.1. The molecule has 7 nitrogen and oxygen atoms in total. The minimum absolute atomic E-state index is 0.0402. The van der Waals surface area contributed by atoms with Crippen LogP contribution < -0.4 is 10.1 Å². The van der Waals surface area contributed by atoms with Crippen LogP contribution in [0.4, 0.5) is 15.7 Å². The molecule has 0 amide bonds. The molecule has 3 aromatic heterocycles. The number of pyridine rings is 2. The first-order valence-corrected chi connectivity index (χ1v) is 15.8. The van der Waals surface area contributed by atoms with E-state index in [1.807, 2.05) is 73.2 Å². The Morgan fingerprint density at radius 3 is 2.59 bits per heavy atom. The number of carbonyl (C=O) groups is 1. The van der Waals surface area contributed by atoms with Crippen molar-refractivity contribution in [2.75, 3.05) is 16.8 Å². The molecule has 5 heterocycles. The van der Waals surface area contributed by atoms with Crippen LogP contribution in [0.1, 0.15) is 29.5 Å². The second-order valence-electron chi connectivity index (χ2n) is 9.04. The maximum absolute atomic E-state index is 11.8. The summed E-state index contributed by atoms with van der Waals surface area (Å²) in [5.41, 5.74) is 2.00. The lowest BCUT2D eigenvalue weighted by Gasteiger charge is -2.32. The number of aryl methyl sites for hydroxylation is 1. The fourth-order valence-electron chi connectivity index (χ4n) is 4.48. The number of rotatable bonds is 8. The number of hydrogen-bond acceptors (Lipinski definition) is 9. The van der Waals surface area contributed by atoms with Gasteiger partial charge in [-0.3, -0.25) is 4.98 Å². The van der Waals surface area contributed by atoms with E-state index in [1.165, 1.54) is 11.3 Å². The van der Waals surface area contributed by atoms with Crippen LogP contribution in [0.3, 0.4) is 0 Å². The fourth-order valence-corrected chi connectivity index (χ4v) is 9.06. The molecule has 0 bridgehead atoms. The monoisotopic (exact) mass is 550 g/mol. The van der Waals surface area contributed by atoms with E-state index < -0.39 is 10.3 Å². The number of aromatic nitrogens is 3. The summed E-state index contributed by atoms with van der Waals surface area (Å²) in [5, 5.41) is 6.26. The number of nitrogens with zero attached hydrogens (tertiary/aromatic N) is 3. The van der Waals surface area contributed by atoms with Gasteiger partial charge >= 0.3 is 5.30 Å². The Morgan fingerprint density at radius 2 is 1.92 bits per heavy atom. The van der Waals surface area contributed by atoms with Gasteiger partial charge in [0.15, 0.2) is 16.7 Å². The van der Waals surface area contributed by atoms with E-state index in [0.29, 0.717) is 17.5 Å². The number of benzene rings is 1. The number of nitrogens with one attached hydrogen (secondary N) is 1. The molecule has 6 rings (SSSR count). The van der Waals surface area contributed by atoms with Gasteiger partial charge in [0.2, 0.25) is 0 Å². The first kappa shape index (κ1) is 24.3. The highest BCUT2D eigenvalue weighted by molar-refractivity contribution is 8.48. The molecular weight excluding hydrogens is 525 g/mol. The Kier molecular flexibility index (Phi) is 6.79. The summed E-state index contributed by atoms with van der Waals surface area (Å²) in [6.45, 7) is 1.97. The van der Waals surface area contributed by atoms with Crippen molar-refractivity contribution < 1.29 is 13.7 Å². The van der Waals surface area contributed by atoms with Crippen molar-refractivity contribution in [2.24, 2.45) is 5.92 Å². The summed E-state index contributed by atoms with van der Waals surface area (Å²) in [6, 6.07) is 17.8. The van der Waals surface area contributed by atoms with Crippen molar-refractivity contribution in [1.82, 2.24) is 15.0 Å². The molecule has 0 saturated carbocycles. The molecule has 1 atom stereocenters. The molecule has 4 aromatic rings. The summed E-state index contributed by atoms with van der Waals surface area (Å²) >= 11 is 3.28. The summed E-state index contributed by atoms with van der Waals surface area (Å²) < 4.78 is 11.7. The average Bonchev–Trinajstić information content (AvgIpc) is 3.34. The van der Waals surface area contributed by atoms with Crippen LogP contribution in [-0.2, 0) is 4.18 Å². The zero-order valence-corrected chi connectivity index (χ0v) is 22.7. The Balaban J connectivity index is 1.28. The highest BCUT2D eigenvalue weighted by Gasteiger charge is 2.54. The number of para-hydroxylation sites is 1. The Labute approximate surface area is 225 Å². The molecule has 2 aliphatic heterocycles. The van der Waals surface area contributed by atoms with Gasteiger partial charge in [0.25, 0.3) is 0 Å². The second-order valence-corrected chi connectivity index (χ2v) is 14.0. The van der Waals surface area contributed by atoms with Crippen molar-refractivity contribution in [3.8, 4) is 11.5 Å². The molecule has 1 spiro atoms. The van der Waals surface area contributed by atoms with Gasteiger partial charge in [-0.2, -0.15) is 0 Å². The quantitative estimate of drug-likeness (QED) is 0.175. The lowest BCUT2D eigenvalue weighted by molar-refractivity contribution is 0.249. The van der Waals surface area contributed by atoms with Gasteiger partial charge in [0, 0.05) is 44.5 Å². The number of thiazole rings is 1. The van der Waals surface area contributed by atoms with Gasteiger partial charge in [0.05, 0.1) is 16.6 Å². The van der Waals surface area contributed by atoms with E-state index in [4.69, 9.17) is 18.9 Å². The topological polar surface area (TPSA) is 89.5 Å². The minimum atomic E-state index is -1.42. The zero-order valence-electron chi connectivity index (χ0n) is 20.2. The van der Waals surface area contributed by atoms with Gasteiger partial charge in [-0.05, 0) is 56.0 Å². The highest BCUT2D eigenvalue weighted by Crippen LogP contribution is 2.69. The molecule has 1 unspecified atom stereocenters. The molecule has 0 radical (unpaired) electrons. The molecule has 10 heteroatoms. The summed E-state index contributed by atoms with van der Waals surface area (Å²) in [6.07, 6.45) is 5.64. The number of thioether (sulfide) groups is 1. The van der Waals surface area contributed by atoms with Crippen LogP contribution in [0.15, 0.2) is 77.3 Å². The summed E-state index contributed by atoms with van der Waals surface area (Å²) in [7, 11) is -1.42. The molecule has 2 fully saturated rings. The average molecular weight is 551 g/mol. The van der Waals surface area contributed by atoms with E-state index in [9.17, 15) is 4.79 Å². The lowest BCUT2D eigenvalue weighted by atomic mass is 9.96. The van der Waals surface area contributed by atoms with Crippen LogP contribution in [0, 0.1) is 12.8 Å². The van der Waals surface area contributed by atoms with E-state index in [2.05, 4.69) is 16.4 Å². The first-order valence-electron chi connectivity index (χ1n) is 12.1. The van der Waals surface area contributed by atoms with Gasteiger partial charge in [0.1, 0.15) is 5.75 Å². The molecule has 0 aliphatic carbocycles. The van der Waals surface area contributed by atoms with E-state index >= 15 is 0 Å². The third-order valence-corrected chi connectivity index (χ3v) is 11.5. The summed E-state index contributed by atoms with van der Waals surface area (Å²) in [5.74, 6) is 4.09. The van der Waals surface area contributed by atoms with Gasteiger partial charge in [-0.25, -0.2) is 14.8 Å². The second kappa shape index (κ2) is 10.4. The standard InChI is InChI=1S/C27H26N4O3S3/c1-18-17-35-26(30-18)31-25-23(33-20-7-3-2-4-8-20)15-21(16-29-25)36-24(22-9-5-6-12-28-22)19-10-13-37(14-11-19)27(32)34-37/h2-9,12,15-17,19,24H,10-11,13-14H2,1H3,(H,29,30,31). The van der Waals surface area contributed by atoms with Gasteiger partial charge in [-0.1, -0.05) is 24.3 Å². The third kappa shape index (κ3) is 5.46. The predicted octanol–water partition coefficient (Wildman–Crippen LogP) is 7.89. The van der Waals surface area contributed by atoms with E-state index in [0.717, 1.165) is 51.5 Å². The number of hydrogen-bond donors (Lipinski definition) is 1. The lowest BCUT2D eigenvalue weighted by Crippen LogP contribution is -2.21. The van der Waals surface area contributed by atoms with Crippen molar-refractivity contribution in [1.29, 1.82) is 0 Å². The Bertz CT molecular complexity index is 1390. The van der Waals surface area contributed by atoms with Crippen molar-refractivity contribution in [3.05, 3.63) is 83.8 Å². The molecule has 2 saturated heterocycles. The number of anilines is 2. The third-order valence-electron chi connectivity index (χ3n) is 6.46. The molecule has 37 heavy (non-hydrogen) atoms. The van der Waals surface area contributed by atoms with Crippen LogP contribution >= 0.6 is 33.4 Å². The molecular formula is C27H26N4O3S3. The van der Waals surface area contributed by atoms with Crippen LogP contribution in [0.25, 0.3) is 0 Å². The highest BCUT2D eigenvalue weighted by atomic mass is 32.3. The number of carbonyl (C=O) groups excluding carboxylic acids is 1. The fraction of sp³-hybridized carbons (Fsp3) is 0.259.